The van der Waals surface area contributed by atoms with E-state index in [9.17, 15) is 4.79 Å². The molecule has 2 heterocycles. The summed E-state index contributed by atoms with van der Waals surface area (Å²) in [5, 5.41) is 0. The lowest BCUT2D eigenvalue weighted by molar-refractivity contribution is 0.185. The van der Waals surface area contributed by atoms with E-state index in [2.05, 4.69) is 6.08 Å². The summed E-state index contributed by atoms with van der Waals surface area (Å²) in [6.07, 6.45) is 10.7. The maximum Gasteiger partial charge on any atom is 0.336 e. The highest BCUT2D eigenvalue weighted by atomic mass is 16.5. The minimum atomic E-state index is -0.255. The molecule has 1 fully saturated rings. The molecule has 0 aromatic carbocycles. The third kappa shape index (κ3) is 2.31. The molecule has 1 aliphatic heterocycles. The largest absolute Gasteiger partial charge is 0.423 e. The SMILES string of the molecule is O=c1cc(CC2CCOC2)c2c(o1)C=CC=CC2. The molecule has 0 N–H and O–H groups in total. The van der Waals surface area contributed by atoms with Crippen molar-refractivity contribution in [3.63, 3.8) is 0 Å². The Morgan fingerprint density at radius 1 is 1.33 bits per heavy atom. The highest BCUT2D eigenvalue weighted by Gasteiger charge is 2.19. The Kier molecular flexibility index (Phi) is 3.15. The van der Waals surface area contributed by atoms with Gasteiger partial charge in [-0.15, -0.1) is 0 Å². The molecule has 1 saturated heterocycles. The van der Waals surface area contributed by atoms with E-state index in [1.165, 1.54) is 0 Å². The molecule has 3 rings (SSSR count). The third-order valence-electron chi connectivity index (χ3n) is 3.54. The molecule has 18 heavy (non-hydrogen) atoms. The molecule has 1 aliphatic carbocycles. The zero-order valence-electron chi connectivity index (χ0n) is 10.2. The first-order valence-corrected chi connectivity index (χ1v) is 6.40. The van der Waals surface area contributed by atoms with Gasteiger partial charge in [-0.2, -0.15) is 0 Å². The van der Waals surface area contributed by atoms with Gasteiger partial charge in [0.05, 0.1) is 0 Å². The standard InChI is InChI=1S/C15H16O3/c16-15-9-12(8-11-6-7-17-10-11)13-4-2-1-3-5-14(13)18-15/h1-3,5,9,11H,4,6-8,10H2. The molecule has 1 atom stereocenters. The molecule has 0 bridgehead atoms. The van der Waals surface area contributed by atoms with Gasteiger partial charge in [0.2, 0.25) is 0 Å². The molecule has 94 valence electrons. The summed E-state index contributed by atoms with van der Waals surface area (Å²) >= 11 is 0. The summed E-state index contributed by atoms with van der Waals surface area (Å²) in [5.41, 5.74) is 2.01. The average Bonchev–Trinajstić information content (AvgIpc) is 2.73. The van der Waals surface area contributed by atoms with Crippen LogP contribution >= 0.6 is 0 Å². The quantitative estimate of drug-likeness (QED) is 0.801. The minimum Gasteiger partial charge on any atom is -0.423 e. The number of hydrogen-bond donors (Lipinski definition) is 0. The van der Waals surface area contributed by atoms with Gasteiger partial charge in [-0.05, 0) is 36.8 Å². The smallest absolute Gasteiger partial charge is 0.336 e. The summed E-state index contributed by atoms with van der Waals surface area (Å²) in [4.78, 5) is 11.6. The maximum absolute atomic E-state index is 11.6. The minimum absolute atomic E-state index is 0.255. The number of hydrogen-bond acceptors (Lipinski definition) is 3. The normalized spacial score (nSPS) is 21.9. The monoisotopic (exact) mass is 244 g/mol. The average molecular weight is 244 g/mol. The Morgan fingerprint density at radius 3 is 3.11 bits per heavy atom. The molecular formula is C15H16O3. The summed E-state index contributed by atoms with van der Waals surface area (Å²) in [5.74, 6) is 1.24. The van der Waals surface area contributed by atoms with E-state index in [0.717, 1.165) is 43.6 Å². The van der Waals surface area contributed by atoms with Gasteiger partial charge in [-0.1, -0.05) is 18.2 Å². The van der Waals surface area contributed by atoms with Gasteiger partial charge in [0.15, 0.2) is 0 Å². The van der Waals surface area contributed by atoms with Crippen LogP contribution in [-0.4, -0.2) is 13.2 Å². The van der Waals surface area contributed by atoms with Crippen LogP contribution in [0.25, 0.3) is 6.08 Å². The van der Waals surface area contributed by atoms with E-state index >= 15 is 0 Å². The predicted octanol–water partition coefficient (Wildman–Crippen LogP) is 2.34. The number of allylic oxidation sites excluding steroid dienone is 3. The van der Waals surface area contributed by atoms with Crippen molar-refractivity contribution >= 4 is 6.08 Å². The van der Waals surface area contributed by atoms with Crippen LogP contribution in [0.15, 0.2) is 33.5 Å². The first-order valence-electron chi connectivity index (χ1n) is 6.40. The molecule has 3 nitrogen and oxygen atoms in total. The number of fused-ring (bicyclic) bond motifs is 1. The van der Waals surface area contributed by atoms with Gasteiger partial charge >= 0.3 is 5.63 Å². The molecule has 0 amide bonds. The van der Waals surface area contributed by atoms with Crippen molar-refractivity contribution in [3.05, 3.63) is 51.6 Å². The third-order valence-corrected chi connectivity index (χ3v) is 3.54. The molecule has 2 aliphatic rings. The molecule has 1 aromatic rings. The van der Waals surface area contributed by atoms with Crippen LogP contribution < -0.4 is 5.63 Å². The lowest BCUT2D eigenvalue weighted by atomic mass is 9.94. The van der Waals surface area contributed by atoms with Crippen molar-refractivity contribution in [1.29, 1.82) is 0 Å². The van der Waals surface area contributed by atoms with Crippen LogP contribution in [0.4, 0.5) is 0 Å². The van der Waals surface area contributed by atoms with Crippen LogP contribution in [0.3, 0.4) is 0 Å². The van der Waals surface area contributed by atoms with Crippen LogP contribution in [0.2, 0.25) is 0 Å². The van der Waals surface area contributed by atoms with Crippen LogP contribution in [0.1, 0.15) is 23.3 Å². The first-order chi connectivity index (χ1) is 8.83. The van der Waals surface area contributed by atoms with Crippen molar-refractivity contribution in [2.45, 2.75) is 19.3 Å². The maximum atomic E-state index is 11.6. The Hall–Kier alpha value is -1.61. The van der Waals surface area contributed by atoms with E-state index in [0.29, 0.717) is 11.7 Å². The van der Waals surface area contributed by atoms with Gasteiger partial charge in [-0.25, -0.2) is 4.79 Å². The lowest BCUT2D eigenvalue weighted by Crippen LogP contribution is -2.11. The van der Waals surface area contributed by atoms with E-state index < -0.39 is 0 Å². The van der Waals surface area contributed by atoms with Gasteiger partial charge in [0.25, 0.3) is 0 Å². The Morgan fingerprint density at radius 2 is 2.28 bits per heavy atom. The zero-order valence-corrected chi connectivity index (χ0v) is 10.2. The Balaban J connectivity index is 1.97. The second-order valence-corrected chi connectivity index (χ2v) is 4.86. The highest BCUT2D eigenvalue weighted by molar-refractivity contribution is 5.53. The fraction of sp³-hybridized carbons (Fsp3) is 0.400. The zero-order chi connectivity index (χ0) is 12.4. The number of rotatable bonds is 2. The van der Waals surface area contributed by atoms with Crippen LogP contribution in [0, 0.1) is 5.92 Å². The highest BCUT2D eigenvalue weighted by Crippen LogP contribution is 2.24. The van der Waals surface area contributed by atoms with Gasteiger partial charge in [0.1, 0.15) is 5.76 Å². The summed E-state index contributed by atoms with van der Waals surface area (Å²) < 4.78 is 10.7. The summed E-state index contributed by atoms with van der Waals surface area (Å²) in [7, 11) is 0. The molecule has 1 aromatic heterocycles. The summed E-state index contributed by atoms with van der Waals surface area (Å²) in [6.45, 7) is 1.65. The molecule has 0 spiro atoms. The van der Waals surface area contributed by atoms with E-state index in [1.54, 1.807) is 6.07 Å². The fourth-order valence-corrected chi connectivity index (χ4v) is 2.60. The van der Waals surface area contributed by atoms with Crippen molar-refractivity contribution < 1.29 is 9.15 Å². The van der Waals surface area contributed by atoms with Gasteiger partial charge in [-0.3, -0.25) is 0 Å². The topological polar surface area (TPSA) is 39.4 Å². The van der Waals surface area contributed by atoms with Crippen LogP contribution in [0.5, 0.6) is 0 Å². The first kappa shape index (κ1) is 11.5. The Bertz CT molecular complexity index is 545. The van der Waals surface area contributed by atoms with Crippen molar-refractivity contribution in [2.24, 2.45) is 5.92 Å². The van der Waals surface area contributed by atoms with Crippen LogP contribution in [-0.2, 0) is 17.6 Å². The Labute approximate surface area is 106 Å². The van der Waals surface area contributed by atoms with E-state index in [-0.39, 0.29) is 5.63 Å². The fourth-order valence-electron chi connectivity index (χ4n) is 2.60. The lowest BCUT2D eigenvalue weighted by Gasteiger charge is -2.12. The molecule has 3 heteroatoms. The van der Waals surface area contributed by atoms with Gasteiger partial charge < -0.3 is 9.15 Å². The number of ether oxygens (including phenoxy) is 1. The van der Waals surface area contributed by atoms with Crippen molar-refractivity contribution in [3.8, 4) is 0 Å². The van der Waals surface area contributed by atoms with Gasteiger partial charge in [0, 0.05) is 24.8 Å². The van der Waals surface area contributed by atoms with Crippen molar-refractivity contribution in [2.75, 3.05) is 13.2 Å². The van der Waals surface area contributed by atoms with E-state index in [4.69, 9.17) is 9.15 Å². The predicted molar refractivity (Wildman–Crippen MR) is 69.5 cm³/mol. The van der Waals surface area contributed by atoms with E-state index in [1.807, 2.05) is 18.2 Å². The second-order valence-electron chi connectivity index (χ2n) is 4.86. The van der Waals surface area contributed by atoms with Crippen molar-refractivity contribution in [1.82, 2.24) is 0 Å². The molecular weight excluding hydrogens is 228 g/mol. The molecule has 0 radical (unpaired) electrons. The summed E-state index contributed by atoms with van der Waals surface area (Å²) in [6, 6.07) is 1.64. The molecule has 0 saturated carbocycles. The second kappa shape index (κ2) is 4.94. The molecule has 1 unspecified atom stereocenters.